The van der Waals surface area contributed by atoms with Gasteiger partial charge in [0.15, 0.2) is 0 Å². The topological polar surface area (TPSA) is 35.8 Å². The van der Waals surface area contributed by atoms with Crippen molar-refractivity contribution >= 4 is 11.8 Å². The maximum absolute atomic E-state index is 13.3. The van der Waals surface area contributed by atoms with Gasteiger partial charge in [-0.3, -0.25) is 0 Å². The number of rotatable bonds is 4. The van der Waals surface area contributed by atoms with Gasteiger partial charge in [0.05, 0.1) is 11.6 Å². The molecule has 2 nitrogen and oxygen atoms in total. The van der Waals surface area contributed by atoms with Crippen LogP contribution in [-0.4, -0.2) is 17.5 Å². The summed E-state index contributed by atoms with van der Waals surface area (Å²) in [6, 6.07) is 6.95. The van der Waals surface area contributed by atoms with E-state index < -0.39 is 0 Å². The van der Waals surface area contributed by atoms with Crippen LogP contribution in [0.5, 0.6) is 0 Å². The quantitative estimate of drug-likeness (QED) is 0.916. The van der Waals surface area contributed by atoms with Crippen molar-refractivity contribution < 1.29 is 4.39 Å². The molecular weight excluding hydrogens is 259 g/mol. The number of hydrogen-bond donors (Lipinski definition) is 1. The van der Waals surface area contributed by atoms with E-state index in [1.54, 1.807) is 6.07 Å². The molecule has 102 valence electrons. The van der Waals surface area contributed by atoms with Gasteiger partial charge in [-0.1, -0.05) is 12.8 Å². The Labute approximate surface area is 118 Å². The first kappa shape index (κ1) is 14.4. The molecule has 1 saturated carbocycles. The van der Waals surface area contributed by atoms with Gasteiger partial charge in [0.1, 0.15) is 5.82 Å². The second-order valence-electron chi connectivity index (χ2n) is 4.96. The summed E-state index contributed by atoms with van der Waals surface area (Å²) in [5.74, 6) is -0.277. The predicted octanol–water partition coefficient (Wildman–Crippen LogP) is 3.46. The highest BCUT2D eigenvalue weighted by Crippen LogP contribution is 2.27. The normalized spacial score (nSPS) is 23.0. The van der Waals surface area contributed by atoms with Gasteiger partial charge in [-0.2, -0.15) is 17.0 Å². The molecule has 1 aliphatic rings. The first-order chi connectivity index (χ1) is 9.24. The summed E-state index contributed by atoms with van der Waals surface area (Å²) in [4.78, 5) is 0. The third-order valence-electron chi connectivity index (χ3n) is 3.75. The molecule has 1 N–H and O–H groups in total. The van der Waals surface area contributed by atoms with Crippen molar-refractivity contribution in [3.05, 3.63) is 35.1 Å². The van der Waals surface area contributed by atoms with E-state index in [9.17, 15) is 4.39 Å². The Balaban J connectivity index is 2.01. The molecule has 0 saturated heterocycles. The van der Waals surface area contributed by atoms with E-state index in [0.29, 0.717) is 23.4 Å². The summed E-state index contributed by atoms with van der Waals surface area (Å²) in [6.07, 6.45) is 7.11. The van der Waals surface area contributed by atoms with Gasteiger partial charge >= 0.3 is 0 Å². The van der Waals surface area contributed by atoms with E-state index in [-0.39, 0.29) is 5.82 Å². The molecule has 4 heteroatoms. The Hall–Kier alpha value is -1.05. The zero-order chi connectivity index (χ0) is 13.7. The Morgan fingerprint density at radius 3 is 2.95 bits per heavy atom. The minimum Gasteiger partial charge on any atom is -0.309 e. The van der Waals surface area contributed by atoms with Crippen LogP contribution in [0.3, 0.4) is 0 Å². The molecule has 2 unspecified atom stereocenters. The van der Waals surface area contributed by atoms with Crippen LogP contribution in [0.2, 0.25) is 0 Å². The lowest BCUT2D eigenvalue weighted by Gasteiger charge is -2.31. The van der Waals surface area contributed by atoms with Crippen LogP contribution in [0.1, 0.15) is 36.8 Å². The van der Waals surface area contributed by atoms with Crippen LogP contribution in [0.15, 0.2) is 18.2 Å². The second-order valence-corrected chi connectivity index (χ2v) is 6.04. The number of nitrogens with one attached hydrogen (secondary N) is 1. The van der Waals surface area contributed by atoms with Gasteiger partial charge < -0.3 is 5.32 Å². The van der Waals surface area contributed by atoms with Crippen molar-refractivity contribution in [1.82, 2.24) is 5.32 Å². The Morgan fingerprint density at radius 2 is 2.21 bits per heavy atom. The van der Waals surface area contributed by atoms with Crippen LogP contribution >= 0.6 is 11.8 Å². The second kappa shape index (κ2) is 6.93. The maximum Gasteiger partial charge on any atom is 0.123 e. The molecule has 0 heterocycles. The summed E-state index contributed by atoms with van der Waals surface area (Å²) in [7, 11) is 0. The van der Waals surface area contributed by atoms with Crippen molar-refractivity contribution in [2.45, 2.75) is 43.5 Å². The summed E-state index contributed by atoms with van der Waals surface area (Å²) in [6.45, 7) is 0.572. The fourth-order valence-electron chi connectivity index (χ4n) is 2.67. The third-order valence-corrected chi connectivity index (χ3v) is 4.92. The van der Waals surface area contributed by atoms with Crippen molar-refractivity contribution in [2.24, 2.45) is 0 Å². The number of nitrogens with zero attached hydrogens (tertiary/aromatic N) is 1. The van der Waals surface area contributed by atoms with E-state index >= 15 is 0 Å². The summed E-state index contributed by atoms with van der Waals surface area (Å²) in [5, 5.41) is 13.2. The van der Waals surface area contributed by atoms with Crippen molar-refractivity contribution in [1.29, 1.82) is 5.26 Å². The van der Waals surface area contributed by atoms with Gasteiger partial charge in [-0.05, 0) is 42.9 Å². The molecule has 1 aromatic rings. The highest BCUT2D eigenvalue weighted by Gasteiger charge is 2.23. The molecule has 2 atom stereocenters. The molecule has 1 aliphatic carbocycles. The lowest BCUT2D eigenvalue weighted by atomic mass is 9.94. The van der Waals surface area contributed by atoms with Crippen molar-refractivity contribution in [3.8, 4) is 6.07 Å². The average molecular weight is 278 g/mol. The number of benzene rings is 1. The summed E-state index contributed by atoms with van der Waals surface area (Å²) in [5.41, 5.74) is 1.32. The minimum atomic E-state index is -0.277. The van der Waals surface area contributed by atoms with Crippen molar-refractivity contribution in [2.75, 3.05) is 6.26 Å². The SMILES string of the molecule is CSC1CCCCC1NCc1cc(F)ccc1C#N. The summed E-state index contributed by atoms with van der Waals surface area (Å²) >= 11 is 1.90. The van der Waals surface area contributed by atoms with Crippen molar-refractivity contribution in [3.63, 3.8) is 0 Å². The third kappa shape index (κ3) is 3.71. The Bertz CT molecular complexity index is 470. The predicted molar refractivity (Wildman–Crippen MR) is 77.5 cm³/mol. The lowest BCUT2D eigenvalue weighted by Crippen LogP contribution is -2.40. The Kier molecular flexibility index (Phi) is 5.24. The maximum atomic E-state index is 13.3. The smallest absolute Gasteiger partial charge is 0.123 e. The standard InChI is InChI=1S/C15H19FN2S/c1-19-15-5-3-2-4-14(15)18-10-12-8-13(16)7-6-11(12)9-17/h6-8,14-15,18H,2-5,10H2,1H3. The van der Waals surface area contributed by atoms with Gasteiger partial charge in [0.25, 0.3) is 0 Å². The van der Waals surface area contributed by atoms with E-state index in [1.807, 2.05) is 11.8 Å². The highest BCUT2D eigenvalue weighted by molar-refractivity contribution is 7.99. The molecule has 2 rings (SSSR count). The van der Waals surface area contributed by atoms with Crippen LogP contribution < -0.4 is 5.32 Å². The zero-order valence-corrected chi connectivity index (χ0v) is 12.0. The van der Waals surface area contributed by atoms with Gasteiger partial charge in [0, 0.05) is 17.8 Å². The fourth-order valence-corrected chi connectivity index (χ4v) is 3.63. The number of halogens is 1. The van der Waals surface area contributed by atoms with Gasteiger partial charge in [-0.25, -0.2) is 4.39 Å². The number of hydrogen-bond acceptors (Lipinski definition) is 3. The van der Waals surface area contributed by atoms with Crippen LogP contribution in [0, 0.1) is 17.1 Å². The van der Waals surface area contributed by atoms with Gasteiger partial charge in [0.2, 0.25) is 0 Å². The Morgan fingerprint density at radius 1 is 1.42 bits per heavy atom. The average Bonchev–Trinajstić information content (AvgIpc) is 2.45. The molecule has 0 spiro atoms. The molecule has 0 amide bonds. The fraction of sp³-hybridized carbons (Fsp3) is 0.533. The van der Waals surface area contributed by atoms with Gasteiger partial charge in [-0.15, -0.1) is 0 Å². The molecule has 0 radical (unpaired) electrons. The first-order valence-corrected chi connectivity index (χ1v) is 7.98. The molecule has 1 aromatic carbocycles. The van der Waals surface area contributed by atoms with E-state index in [0.717, 1.165) is 5.56 Å². The molecule has 1 fully saturated rings. The van der Waals surface area contributed by atoms with Crippen LogP contribution in [0.25, 0.3) is 0 Å². The molecule has 19 heavy (non-hydrogen) atoms. The lowest BCUT2D eigenvalue weighted by molar-refractivity contribution is 0.383. The van der Waals surface area contributed by atoms with Crippen LogP contribution in [-0.2, 0) is 6.54 Å². The molecule has 0 aliphatic heterocycles. The van der Waals surface area contributed by atoms with E-state index in [1.165, 1.54) is 37.8 Å². The monoisotopic (exact) mass is 278 g/mol. The first-order valence-electron chi connectivity index (χ1n) is 6.69. The summed E-state index contributed by atoms with van der Waals surface area (Å²) < 4.78 is 13.3. The number of thioether (sulfide) groups is 1. The molecule has 0 aromatic heterocycles. The highest BCUT2D eigenvalue weighted by atomic mass is 32.2. The van der Waals surface area contributed by atoms with E-state index in [2.05, 4.69) is 17.6 Å². The minimum absolute atomic E-state index is 0.277. The zero-order valence-electron chi connectivity index (χ0n) is 11.2. The largest absolute Gasteiger partial charge is 0.309 e. The van der Waals surface area contributed by atoms with E-state index in [4.69, 9.17) is 5.26 Å². The van der Waals surface area contributed by atoms with Crippen LogP contribution in [0.4, 0.5) is 4.39 Å². The number of nitriles is 1. The molecule has 0 bridgehead atoms. The molecular formula is C15H19FN2S.